The van der Waals surface area contributed by atoms with Crippen molar-refractivity contribution < 1.29 is 23.5 Å². The van der Waals surface area contributed by atoms with Crippen LogP contribution in [0.4, 0.5) is 9.52 Å². The number of ether oxygens (including phenoxy) is 2. The molecule has 1 fully saturated rings. The maximum absolute atomic E-state index is 14.9. The summed E-state index contributed by atoms with van der Waals surface area (Å²) < 4.78 is 25.7. The van der Waals surface area contributed by atoms with E-state index in [9.17, 15) is 14.0 Å². The van der Waals surface area contributed by atoms with Crippen LogP contribution in [0.1, 0.15) is 45.0 Å². The third kappa shape index (κ3) is 4.87. The monoisotopic (exact) mass is 490 g/mol. The average molecular weight is 491 g/mol. The molecular weight excluding hydrogens is 471 g/mol. The van der Waals surface area contributed by atoms with E-state index in [-0.39, 0.29) is 38.5 Å². The summed E-state index contributed by atoms with van der Waals surface area (Å²) in [4.78, 5) is 38.2. The summed E-state index contributed by atoms with van der Waals surface area (Å²) in [5.41, 5.74) is 0.879. The van der Waals surface area contributed by atoms with Gasteiger partial charge in [0.1, 0.15) is 11.9 Å². The van der Waals surface area contributed by atoms with Crippen LogP contribution < -0.4 is 10.1 Å². The van der Waals surface area contributed by atoms with Crippen molar-refractivity contribution in [3.63, 3.8) is 0 Å². The number of halogens is 2. The summed E-state index contributed by atoms with van der Waals surface area (Å²) >= 11 is 6.94. The van der Waals surface area contributed by atoms with Crippen LogP contribution in [0.5, 0.6) is 5.75 Å². The van der Waals surface area contributed by atoms with E-state index in [2.05, 4.69) is 20.3 Å². The van der Waals surface area contributed by atoms with Crippen molar-refractivity contribution in [3.05, 3.63) is 51.8 Å². The van der Waals surface area contributed by atoms with Gasteiger partial charge < -0.3 is 9.47 Å². The van der Waals surface area contributed by atoms with Gasteiger partial charge in [-0.15, -0.1) is 0 Å². The Bertz CT molecular complexity index is 1210. The van der Waals surface area contributed by atoms with Crippen LogP contribution in [0, 0.1) is 12.7 Å². The van der Waals surface area contributed by atoms with E-state index in [0.29, 0.717) is 23.6 Å². The van der Waals surface area contributed by atoms with Gasteiger partial charge in [-0.3, -0.25) is 19.9 Å². The highest BCUT2D eigenvalue weighted by Gasteiger charge is 2.26. The zero-order valence-electron chi connectivity index (χ0n) is 17.9. The van der Waals surface area contributed by atoms with Crippen molar-refractivity contribution in [2.24, 2.45) is 0 Å². The smallest absolute Gasteiger partial charge is 0.259 e. The van der Waals surface area contributed by atoms with Crippen molar-refractivity contribution >= 4 is 39.8 Å². The van der Waals surface area contributed by atoms with Gasteiger partial charge in [-0.25, -0.2) is 14.4 Å². The predicted octanol–water partition coefficient (Wildman–Crippen LogP) is 4.71. The fraction of sp³-hybridized carbons (Fsp3) is 0.318. The Labute approximate surface area is 198 Å². The number of carbonyl (C=O) groups is 2. The highest BCUT2D eigenvalue weighted by atomic mass is 35.5. The van der Waals surface area contributed by atoms with Gasteiger partial charge in [0.2, 0.25) is 5.78 Å². The van der Waals surface area contributed by atoms with E-state index in [1.54, 1.807) is 13.0 Å². The number of nitrogens with zero attached hydrogens (tertiary/aromatic N) is 3. The van der Waals surface area contributed by atoms with E-state index in [0.717, 1.165) is 24.2 Å². The number of amides is 1. The summed E-state index contributed by atoms with van der Waals surface area (Å²) in [7, 11) is 1.37. The van der Waals surface area contributed by atoms with E-state index in [1.165, 1.54) is 25.7 Å². The number of hydrogen-bond donors (Lipinski definition) is 1. The normalized spacial score (nSPS) is 15.8. The topological polar surface area (TPSA) is 103 Å². The molecule has 1 amide bonds. The molecule has 1 aliphatic heterocycles. The molecule has 0 spiro atoms. The number of carbonyl (C=O) groups excluding carboxylic acids is 2. The molecule has 1 saturated heterocycles. The number of methoxy groups -OCH3 is 1. The van der Waals surface area contributed by atoms with Crippen LogP contribution in [0.2, 0.25) is 5.15 Å². The zero-order valence-corrected chi connectivity index (χ0v) is 19.4. The highest BCUT2D eigenvalue weighted by Crippen LogP contribution is 2.37. The molecule has 0 aliphatic carbocycles. The first-order chi connectivity index (χ1) is 15.9. The second-order valence-electron chi connectivity index (χ2n) is 7.38. The van der Waals surface area contributed by atoms with Crippen molar-refractivity contribution in [3.8, 4) is 16.9 Å². The van der Waals surface area contributed by atoms with Gasteiger partial charge in [0.15, 0.2) is 16.1 Å². The Morgan fingerprint density at radius 3 is 2.79 bits per heavy atom. The van der Waals surface area contributed by atoms with Crippen LogP contribution in [0.25, 0.3) is 11.1 Å². The van der Waals surface area contributed by atoms with Gasteiger partial charge in [0, 0.05) is 24.1 Å². The lowest BCUT2D eigenvalue weighted by Crippen LogP contribution is -2.27. The first-order valence-electron chi connectivity index (χ1n) is 10.2. The lowest BCUT2D eigenvalue weighted by Gasteiger charge is -2.20. The van der Waals surface area contributed by atoms with Crippen LogP contribution in [0.15, 0.2) is 24.7 Å². The standard InChI is InChI=1S/C22H20ClFN4O4S/c1-11-7-12(17-15(31-2)9-26-20(23)18(17)24)13(8-25-11)21(30)28-22-27-10-16(33-22)19(29)14-5-3-4-6-32-14/h7-10,14H,3-6H2,1-2H3,(H,27,28,30)/t14-/m1/s1. The summed E-state index contributed by atoms with van der Waals surface area (Å²) in [5.74, 6) is -1.42. The fourth-order valence-corrected chi connectivity index (χ4v) is 4.46. The van der Waals surface area contributed by atoms with Crippen molar-refractivity contribution in [2.45, 2.75) is 32.3 Å². The minimum absolute atomic E-state index is 0.00222. The van der Waals surface area contributed by atoms with E-state index in [1.807, 2.05) is 0 Å². The number of rotatable bonds is 6. The van der Waals surface area contributed by atoms with Crippen molar-refractivity contribution in [1.29, 1.82) is 0 Å². The number of pyridine rings is 2. The van der Waals surface area contributed by atoms with E-state index in [4.69, 9.17) is 21.1 Å². The lowest BCUT2D eigenvalue weighted by atomic mass is 10.00. The van der Waals surface area contributed by atoms with E-state index >= 15 is 0 Å². The average Bonchev–Trinajstić information content (AvgIpc) is 3.29. The summed E-state index contributed by atoms with van der Waals surface area (Å²) in [6.07, 6.45) is 6.09. The molecule has 4 heterocycles. The molecule has 3 aromatic heterocycles. The number of hydrogen-bond acceptors (Lipinski definition) is 8. The van der Waals surface area contributed by atoms with Crippen molar-refractivity contribution in [1.82, 2.24) is 15.0 Å². The quantitative estimate of drug-likeness (QED) is 0.394. The molecule has 8 nitrogen and oxygen atoms in total. The number of aromatic nitrogens is 3. The minimum atomic E-state index is -0.815. The molecule has 0 unspecified atom stereocenters. The molecule has 1 N–H and O–H groups in total. The Hall–Kier alpha value is -2.95. The van der Waals surface area contributed by atoms with Gasteiger partial charge in [-0.2, -0.15) is 0 Å². The molecule has 3 aromatic rings. The molecule has 1 aliphatic rings. The maximum atomic E-state index is 14.9. The van der Waals surface area contributed by atoms with E-state index < -0.39 is 17.8 Å². The van der Waals surface area contributed by atoms with Gasteiger partial charge in [-0.1, -0.05) is 22.9 Å². The summed E-state index contributed by atoms with van der Waals surface area (Å²) in [6.45, 7) is 2.27. The third-order valence-corrected chi connectivity index (χ3v) is 6.35. The lowest BCUT2D eigenvalue weighted by molar-refractivity contribution is 0.0189. The molecule has 4 rings (SSSR count). The maximum Gasteiger partial charge on any atom is 0.259 e. The van der Waals surface area contributed by atoms with Crippen LogP contribution in [-0.4, -0.2) is 46.5 Å². The molecule has 33 heavy (non-hydrogen) atoms. The molecule has 0 radical (unpaired) electrons. The highest BCUT2D eigenvalue weighted by molar-refractivity contribution is 7.17. The van der Waals surface area contributed by atoms with Gasteiger partial charge in [0.25, 0.3) is 5.91 Å². The number of ketones is 1. The second-order valence-corrected chi connectivity index (χ2v) is 8.77. The first-order valence-corrected chi connectivity index (χ1v) is 11.4. The van der Waals surface area contributed by atoms with Gasteiger partial charge in [0.05, 0.1) is 35.5 Å². The molecule has 0 saturated carbocycles. The van der Waals surface area contributed by atoms with Gasteiger partial charge >= 0.3 is 0 Å². The Kier molecular flexibility index (Phi) is 6.96. The molecule has 11 heteroatoms. The largest absolute Gasteiger partial charge is 0.494 e. The molecule has 172 valence electrons. The SMILES string of the molecule is COc1cnc(Cl)c(F)c1-c1cc(C)ncc1C(=O)Nc1ncc(C(=O)[C@H]2CCCCO2)s1. The summed E-state index contributed by atoms with van der Waals surface area (Å²) in [5, 5.41) is 2.54. The number of aryl methyl sites for hydroxylation is 1. The van der Waals surface area contributed by atoms with Crippen molar-refractivity contribution in [2.75, 3.05) is 19.0 Å². The van der Waals surface area contributed by atoms with Gasteiger partial charge in [-0.05, 0) is 32.3 Å². The third-order valence-electron chi connectivity index (χ3n) is 5.16. The molecular formula is C22H20ClFN4O4S. The Balaban J connectivity index is 1.63. The predicted molar refractivity (Wildman–Crippen MR) is 122 cm³/mol. The number of thiazole rings is 1. The molecule has 0 bridgehead atoms. The number of Topliss-reactive ketones (excluding diaryl/α,β-unsaturated/α-hetero) is 1. The zero-order chi connectivity index (χ0) is 23.5. The number of anilines is 1. The minimum Gasteiger partial charge on any atom is -0.494 e. The van der Waals surface area contributed by atoms with Crippen LogP contribution >= 0.6 is 22.9 Å². The summed E-state index contributed by atoms with van der Waals surface area (Å²) in [6, 6.07) is 1.56. The van der Waals surface area contributed by atoms with Crippen LogP contribution in [0.3, 0.4) is 0 Å². The molecule has 0 aromatic carbocycles. The Morgan fingerprint density at radius 1 is 1.24 bits per heavy atom. The number of nitrogens with one attached hydrogen (secondary N) is 1. The van der Waals surface area contributed by atoms with Crippen LogP contribution in [-0.2, 0) is 4.74 Å². The molecule has 1 atom stereocenters. The second kappa shape index (κ2) is 9.90. The Morgan fingerprint density at radius 2 is 2.06 bits per heavy atom. The first kappa shape index (κ1) is 23.2. The fourth-order valence-electron chi connectivity index (χ4n) is 3.52.